The molecule has 1 aromatic rings. The molecule has 0 bridgehead atoms. The van der Waals surface area contributed by atoms with Gasteiger partial charge in [-0.25, -0.2) is 0 Å². The molecular formula is C12H17NO. The fourth-order valence-electron chi connectivity index (χ4n) is 1.29. The molecule has 0 aromatic heterocycles. The highest BCUT2D eigenvalue weighted by Crippen LogP contribution is 2.11. The quantitative estimate of drug-likeness (QED) is 0.778. The van der Waals surface area contributed by atoms with Crippen LogP contribution in [0.2, 0.25) is 0 Å². The Morgan fingerprint density at radius 1 is 1.21 bits per heavy atom. The van der Waals surface area contributed by atoms with Crippen LogP contribution in [0, 0.1) is 0 Å². The lowest BCUT2D eigenvalue weighted by atomic mass is 10.1. The van der Waals surface area contributed by atoms with Crippen molar-refractivity contribution in [3.63, 3.8) is 0 Å². The Labute approximate surface area is 85.3 Å². The van der Waals surface area contributed by atoms with E-state index >= 15 is 0 Å². The summed E-state index contributed by atoms with van der Waals surface area (Å²) in [5, 5.41) is 2.82. The van der Waals surface area contributed by atoms with Crippen LogP contribution in [0.4, 0.5) is 5.69 Å². The van der Waals surface area contributed by atoms with Crippen molar-refractivity contribution < 1.29 is 4.79 Å². The molecule has 0 fully saturated rings. The van der Waals surface area contributed by atoms with Gasteiger partial charge in [0.15, 0.2) is 0 Å². The van der Waals surface area contributed by atoms with Crippen molar-refractivity contribution in [2.45, 2.75) is 33.1 Å². The standard InChI is InChI=1S/C12H17NO/c1-3-5-10-6-8-11(9-7-10)13-12(14)4-2/h6-9H,3-5H2,1-2H3,(H,13,14). The Balaban J connectivity index is 2.59. The van der Waals surface area contributed by atoms with Gasteiger partial charge < -0.3 is 5.32 Å². The van der Waals surface area contributed by atoms with Crippen LogP contribution in [0.1, 0.15) is 32.3 Å². The van der Waals surface area contributed by atoms with Gasteiger partial charge in [-0.1, -0.05) is 32.4 Å². The second-order valence-electron chi connectivity index (χ2n) is 3.35. The predicted molar refractivity (Wildman–Crippen MR) is 59.4 cm³/mol. The van der Waals surface area contributed by atoms with E-state index in [9.17, 15) is 4.79 Å². The number of nitrogens with one attached hydrogen (secondary N) is 1. The van der Waals surface area contributed by atoms with Crippen molar-refractivity contribution in [1.29, 1.82) is 0 Å². The Morgan fingerprint density at radius 3 is 2.36 bits per heavy atom. The minimum absolute atomic E-state index is 0.0632. The third-order valence-electron chi connectivity index (χ3n) is 2.10. The van der Waals surface area contributed by atoms with Gasteiger partial charge in [0, 0.05) is 12.1 Å². The summed E-state index contributed by atoms with van der Waals surface area (Å²) in [6.07, 6.45) is 2.78. The van der Waals surface area contributed by atoms with Gasteiger partial charge in [0.25, 0.3) is 0 Å². The summed E-state index contributed by atoms with van der Waals surface area (Å²) in [5.41, 5.74) is 2.21. The van der Waals surface area contributed by atoms with Crippen LogP contribution >= 0.6 is 0 Å². The molecule has 0 saturated carbocycles. The first kappa shape index (κ1) is 10.8. The zero-order valence-electron chi connectivity index (χ0n) is 8.84. The van der Waals surface area contributed by atoms with Crippen molar-refractivity contribution >= 4 is 11.6 Å². The molecule has 0 atom stereocenters. The lowest BCUT2D eigenvalue weighted by Crippen LogP contribution is -2.09. The van der Waals surface area contributed by atoms with E-state index in [1.807, 2.05) is 19.1 Å². The first-order valence-corrected chi connectivity index (χ1v) is 5.15. The van der Waals surface area contributed by atoms with E-state index in [2.05, 4.69) is 24.4 Å². The van der Waals surface area contributed by atoms with Crippen molar-refractivity contribution in [1.82, 2.24) is 0 Å². The Hall–Kier alpha value is -1.31. The lowest BCUT2D eigenvalue weighted by molar-refractivity contribution is -0.115. The van der Waals surface area contributed by atoms with E-state index < -0.39 is 0 Å². The molecule has 0 spiro atoms. The van der Waals surface area contributed by atoms with Crippen LogP contribution < -0.4 is 5.32 Å². The lowest BCUT2D eigenvalue weighted by Gasteiger charge is -2.04. The molecular weight excluding hydrogens is 174 g/mol. The number of benzene rings is 1. The summed E-state index contributed by atoms with van der Waals surface area (Å²) >= 11 is 0. The highest BCUT2D eigenvalue weighted by molar-refractivity contribution is 5.90. The molecule has 1 aromatic carbocycles. The van der Waals surface area contributed by atoms with E-state index in [0.717, 1.165) is 18.5 Å². The molecule has 76 valence electrons. The summed E-state index contributed by atoms with van der Waals surface area (Å²) in [7, 11) is 0. The van der Waals surface area contributed by atoms with Crippen molar-refractivity contribution in [3.05, 3.63) is 29.8 Å². The van der Waals surface area contributed by atoms with Crippen molar-refractivity contribution in [3.8, 4) is 0 Å². The average molecular weight is 191 g/mol. The molecule has 2 nitrogen and oxygen atoms in total. The normalized spacial score (nSPS) is 9.86. The number of hydrogen-bond acceptors (Lipinski definition) is 1. The molecule has 0 aliphatic carbocycles. The maximum Gasteiger partial charge on any atom is 0.224 e. The maximum absolute atomic E-state index is 11.1. The van der Waals surface area contributed by atoms with Gasteiger partial charge in [0.1, 0.15) is 0 Å². The van der Waals surface area contributed by atoms with Crippen LogP contribution in [0.3, 0.4) is 0 Å². The number of anilines is 1. The number of hydrogen-bond donors (Lipinski definition) is 1. The van der Waals surface area contributed by atoms with E-state index in [0.29, 0.717) is 6.42 Å². The summed E-state index contributed by atoms with van der Waals surface area (Å²) in [6.45, 7) is 4.01. The third-order valence-corrected chi connectivity index (χ3v) is 2.10. The van der Waals surface area contributed by atoms with Crippen molar-refractivity contribution in [2.24, 2.45) is 0 Å². The minimum Gasteiger partial charge on any atom is -0.326 e. The highest BCUT2D eigenvalue weighted by Gasteiger charge is 1.98. The van der Waals surface area contributed by atoms with Gasteiger partial charge in [0.2, 0.25) is 5.91 Å². The third kappa shape index (κ3) is 3.21. The van der Waals surface area contributed by atoms with E-state index in [1.54, 1.807) is 0 Å². The first-order valence-electron chi connectivity index (χ1n) is 5.15. The van der Waals surface area contributed by atoms with Gasteiger partial charge >= 0.3 is 0 Å². The van der Waals surface area contributed by atoms with Crippen LogP contribution in [-0.4, -0.2) is 5.91 Å². The van der Waals surface area contributed by atoms with Crippen LogP contribution in [-0.2, 0) is 11.2 Å². The molecule has 1 rings (SSSR count). The minimum atomic E-state index is 0.0632. The zero-order valence-corrected chi connectivity index (χ0v) is 8.84. The molecule has 0 radical (unpaired) electrons. The zero-order chi connectivity index (χ0) is 10.4. The van der Waals surface area contributed by atoms with Crippen LogP contribution in [0.25, 0.3) is 0 Å². The van der Waals surface area contributed by atoms with Crippen LogP contribution in [0.15, 0.2) is 24.3 Å². The Morgan fingerprint density at radius 2 is 1.86 bits per heavy atom. The monoisotopic (exact) mass is 191 g/mol. The number of aryl methyl sites for hydroxylation is 1. The topological polar surface area (TPSA) is 29.1 Å². The van der Waals surface area contributed by atoms with Gasteiger partial charge in [-0.15, -0.1) is 0 Å². The average Bonchev–Trinajstić information content (AvgIpc) is 2.21. The Kier molecular flexibility index (Phi) is 4.17. The fraction of sp³-hybridized carbons (Fsp3) is 0.417. The molecule has 0 aliphatic heterocycles. The molecule has 2 heteroatoms. The summed E-state index contributed by atoms with van der Waals surface area (Å²) in [6, 6.07) is 8.04. The molecule has 0 aliphatic rings. The maximum atomic E-state index is 11.1. The van der Waals surface area contributed by atoms with Gasteiger partial charge in [-0.05, 0) is 24.1 Å². The van der Waals surface area contributed by atoms with E-state index in [4.69, 9.17) is 0 Å². The number of carbonyl (C=O) groups excluding carboxylic acids is 1. The number of rotatable bonds is 4. The number of amides is 1. The second kappa shape index (κ2) is 5.43. The van der Waals surface area contributed by atoms with E-state index in [1.165, 1.54) is 5.56 Å². The van der Waals surface area contributed by atoms with Crippen molar-refractivity contribution in [2.75, 3.05) is 5.32 Å². The predicted octanol–water partition coefficient (Wildman–Crippen LogP) is 2.99. The van der Waals surface area contributed by atoms with E-state index in [-0.39, 0.29) is 5.91 Å². The molecule has 1 amide bonds. The van der Waals surface area contributed by atoms with Gasteiger partial charge in [-0.2, -0.15) is 0 Å². The largest absolute Gasteiger partial charge is 0.326 e. The Bertz CT molecular complexity index is 290. The molecule has 0 unspecified atom stereocenters. The SMILES string of the molecule is CCCc1ccc(NC(=O)CC)cc1. The first-order chi connectivity index (χ1) is 6.76. The van der Waals surface area contributed by atoms with Crippen LogP contribution in [0.5, 0.6) is 0 Å². The smallest absolute Gasteiger partial charge is 0.224 e. The molecule has 0 saturated heterocycles. The molecule has 14 heavy (non-hydrogen) atoms. The number of carbonyl (C=O) groups is 1. The van der Waals surface area contributed by atoms with Gasteiger partial charge in [0.05, 0.1) is 0 Å². The highest BCUT2D eigenvalue weighted by atomic mass is 16.1. The summed E-state index contributed by atoms with van der Waals surface area (Å²) < 4.78 is 0. The second-order valence-corrected chi connectivity index (χ2v) is 3.35. The molecule has 1 N–H and O–H groups in total. The fourth-order valence-corrected chi connectivity index (χ4v) is 1.29. The summed E-state index contributed by atoms with van der Waals surface area (Å²) in [4.78, 5) is 11.1. The summed E-state index contributed by atoms with van der Waals surface area (Å²) in [5.74, 6) is 0.0632. The van der Waals surface area contributed by atoms with Gasteiger partial charge in [-0.3, -0.25) is 4.79 Å². The molecule has 0 heterocycles.